The van der Waals surface area contributed by atoms with Gasteiger partial charge in [0.2, 0.25) is 0 Å². The fourth-order valence-corrected chi connectivity index (χ4v) is 0.510. The molecule has 5 nitrogen and oxygen atoms in total. The van der Waals surface area contributed by atoms with E-state index in [0.717, 1.165) is 13.2 Å². The van der Waals surface area contributed by atoms with Crippen LogP contribution in [0.4, 0.5) is 0 Å². The van der Waals surface area contributed by atoms with Crippen molar-refractivity contribution in [3.05, 3.63) is 0 Å². The molecule has 11 heavy (non-hydrogen) atoms. The molecule has 0 saturated carbocycles. The van der Waals surface area contributed by atoms with E-state index in [9.17, 15) is 0 Å². The third-order valence-electron chi connectivity index (χ3n) is 0.827. The van der Waals surface area contributed by atoms with Gasteiger partial charge in [0, 0.05) is 23.6 Å². The molecule has 0 N–H and O–H groups in total. The molecular formula is C4H8MgO5S. The zero-order chi connectivity index (χ0) is 8.04. The number of hydrogen-bond donors (Lipinski definition) is 0. The molecule has 0 spiro atoms. The molecule has 7 heteroatoms. The van der Waals surface area contributed by atoms with E-state index >= 15 is 0 Å². The van der Waals surface area contributed by atoms with Gasteiger partial charge in [-0.3, -0.25) is 8.42 Å². The fourth-order valence-electron chi connectivity index (χ4n) is 0.510. The molecule has 0 aromatic carbocycles. The van der Waals surface area contributed by atoms with Crippen molar-refractivity contribution in [1.29, 1.82) is 0 Å². The summed E-state index contributed by atoms with van der Waals surface area (Å²) in [5, 5.41) is 0. The molecule has 0 atom stereocenters. The summed E-state index contributed by atoms with van der Waals surface area (Å²) < 4.78 is 39.0. The number of rotatable bonds is 0. The van der Waals surface area contributed by atoms with Crippen LogP contribution in [0.15, 0.2) is 0 Å². The number of hydrogen-bond acceptors (Lipinski definition) is 5. The third-order valence-corrected chi connectivity index (χ3v) is 0.827. The smallest absolute Gasteiger partial charge is 0.759 e. The molecule has 1 aliphatic heterocycles. The van der Waals surface area contributed by atoms with Crippen molar-refractivity contribution in [2.24, 2.45) is 0 Å². The maximum atomic E-state index is 8.52. The van der Waals surface area contributed by atoms with Crippen LogP contribution in [-0.2, 0) is 15.1 Å². The van der Waals surface area contributed by atoms with Crippen molar-refractivity contribution >= 4 is 33.5 Å². The van der Waals surface area contributed by atoms with Crippen LogP contribution in [0.1, 0.15) is 12.8 Å². The first kappa shape index (κ1) is 14.1. The summed E-state index contributed by atoms with van der Waals surface area (Å²) in [6, 6.07) is 0. The Balaban J connectivity index is 0. The Labute approximate surface area is 81.8 Å². The predicted molar refractivity (Wildman–Crippen MR) is 36.3 cm³/mol. The molecule has 1 saturated heterocycles. The van der Waals surface area contributed by atoms with Gasteiger partial charge in [0.1, 0.15) is 0 Å². The molecular weight excluding hydrogens is 184 g/mol. The Morgan fingerprint density at radius 2 is 1.36 bits per heavy atom. The minimum atomic E-state index is -5.17. The predicted octanol–water partition coefficient (Wildman–Crippen LogP) is -0.922. The Morgan fingerprint density at radius 1 is 1.09 bits per heavy atom. The van der Waals surface area contributed by atoms with Gasteiger partial charge in [-0.2, -0.15) is 0 Å². The molecule has 62 valence electrons. The molecule has 0 unspecified atom stereocenters. The standard InChI is InChI=1S/C4H8O.Mg.H2O4S/c1-2-4-5-3-1;;1-5(2,3)4/h1-4H2;;(H2,1,2,3,4)/q;+2;/p-2. The van der Waals surface area contributed by atoms with Crippen LogP contribution >= 0.6 is 0 Å². The van der Waals surface area contributed by atoms with Gasteiger partial charge in [-0.25, -0.2) is 0 Å². The van der Waals surface area contributed by atoms with Gasteiger partial charge in [0.05, 0.1) is 0 Å². The average molecular weight is 192 g/mol. The van der Waals surface area contributed by atoms with Crippen LogP contribution in [0.5, 0.6) is 0 Å². The van der Waals surface area contributed by atoms with Crippen LogP contribution in [-0.4, -0.2) is 53.8 Å². The molecule has 1 aliphatic rings. The minimum Gasteiger partial charge on any atom is -0.759 e. The van der Waals surface area contributed by atoms with E-state index in [1.165, 1.54) is 12.8 Å². The van der Waals surface area contributed by atoms with E-state index in [1.807, 2.05) is 0 Å². The first-order valence-corrected chi connectivity index (χ1v) is 4.08. The maximum absolute atomic E-state index is 8.52. The van der Waals surface area contributed by atoms with Crippen LogP contribution in [0.25, 0.3) is 0 Å². The van der Waals surface area contributed by atoms with E-state index < -0.39 is 10.4 Å². The Hall–Kier alpha value is 0.596. The van der Waals surface area contributed by atoms with Crippen LogP contribution in [0.2, 0.25) is 0 Å². The van der Waals surface area contributed by atoms with E-state index in [1.54, 1.807) is 0 Å². The van der Waals surface area contributed by atoms with Gasteiger partial charge in [-0.1, -0.05) is 0 Å². The van der Waals surface area contributed by atoms with Crippen molar-refractivity contribution < 1.29 is 22.3 Å². The monoisotopic (exact) mass is 192 g/mol. The summed E-state index contributed by atoms with van der Waals surface area (Å²) in [4.78, 5) is 0. The van der Waals surface area contributed by atoms with Gasteiger partial charge in [0.15, 0.2) is 0 Å². The largest absolute Gasteiger partial charge is 2.00 e. The quantitative estimate of drug-likeness (QED) is 0.281. The molecule has 0 bridgehead atoms. The molecule has 0 aromatic rings. The Bertz CT molecular complexity index is 146. The maximum Gasteiger partial charge on any atom is 2.00 e. The summed E-state index contributed by atoms with van der Waals surface area (Å²) in [6.07, 6.45) is 2.56. The molecule has 0 amide bonds. The number of ether oxygens (including phenoxy) is 1. The summed E-state index contributed by atoms with van der Waals surface area (Å²) in [5.74, 6) is 0. The molecule has 1 fully saturated rings. The Kier molecular flexibility index (Phi) is 9.33. The van der Waals surface area contributed by atoms with E-state index in [-0.39, 0.29) is 23.1 Å². The summed E-state index contributed by atoms with van der Waals surface area (Å²) >= 11 is 0. The molecule has 1 rings (SSSR count). The minimum absolute atomic E-state index is 0. The second kappa shape index (κ2) is 7.26. The first-order chi connectivity index (χ1) is 4.50. The summed E-state index contributed by atoms with van der Waals surface area (Å²) in [7, 11) is -5.17. The summed E-state index contributed by atoms with van der Waals surface area (Å²) in [5.41, 5.74) is 0. The molecule has 0 aliphatic carbocycles. The van der Waals surface area contributed by atoms with Gasteiger partial charge < -0.3 is 13.8 Å². The SMILES string of the molecule is C1CCOC1.O=S(=O)([O-])[O-].[Mg+2]. The second-order valence-electron chi connectivity index (χ2n) is 1.73. The van der Waals surface area contributed by atoms with Gasteiger partial charge in [-0.15, -0.1) is 0 Å². The summed E-state index contributed by atoms with van der Waals surface area (Å²) in [6.45, 7) is 2.00. The molecule has 0 aromatic heterocycles. The zero-order valence-corrected chi connectivity index (χ0v) is 8.22. The van der Waals surface area contributed by atoms with Crippen LogP contribution in [0, 0.1) is 0 Å². The van der Waals surface area contributed by atoms with Crippen LogP contribution in [0.3, 0.4) is 0 Å². The van der Waals surface area contributed by atoms with E-state index in [0.29, 0.717) is 0 Å². The normalized spacial score (nSPS) is 16.2. The molecule has 1 heterocycles. The fraction of sp³-hybridized carbons (Fsp3) is 1.00. The van der Waals surface area contributed by atoms with E-state index in [2.05, 4.69) is 0 Å². The first-order valence-electron chi connectivity index (χ1n) is 2.74. The van der Waals surface area contributed by atoms with Crippen molar-refractivity contribution in [2.75, 3.05) is 13.2 Å². The topological polar surface area (TPSA) is 89.5 Å². The zero-order valence-electron chi connectivity index (χ0n) is 5.99. The molecule has 0 radical (unpaired) electrons. The van der Waals surface area contributed by atoms with Crippen molar-refractivity contribution in [1.82, 2.24) is 0 Å². The average Bonchev–Trinajstić information content (AvgIpc) is 2.07. The van der Waals surface area contributed by atoms with Crippen molar-refractivity contribution in [3.63, 3.8) is 0 Å². The van der Waals surface area contributed by atoms with Crippen LogP contribution < -0.4 is 0 Å². The van der Waals surface area contributed by atoms with Gasteiger partial charge in [-0.05, 0) is 12.8 Å². The Morgan fingerprint density at radius 3 is 1.45 bits per heavy atom. The third kappa shape index (κ3) is 25.0. The van der Waals surface area contributed by atoms with Crippen molar-refractivity contribution in [3.8, 4) is 0 Å². The van der Waals surface area contributed by atoms with Gasteiger partial charge in [0.25, 0.3) is 0 Å². The van der Waals surface area contributed by atoms with Crippen molar-refractivity contribution in [2.45, 2.75) is 12.8 Å². The second-order valence-corrected chi connectivity index (χ2v) is 2.54. The van der Waals surface area contributed by atoms with Gasteiger partial charge >= 0.3 is 23.1 Å². The van der Waals surface area contributed by atoms with E-state index in [4.69, 9.17) is 22.3 Å².